The predicted octanol–water partition coefficient (Wildman–Crippen LogP) is 3.82. The van der Waals surface area contributed by atoms with Gasteiger partial charge in [0.2, 0.25) is 5.88 Å². The van der Waals surface area contributed by atoms with Crippen LogP contribution < -0.4 is 9.46 Å². The van der Waals surface area contributed by atoms with E-state index in [1.54, 1.807) is 48.2 Å². The molecule has 1 N–H and O–H groups in total. The normalized spacial score (nSPS) is 11.6. The van der Waals surface area contributed by atoms with Crippen molar-refractivity contribution in [2.45, 2.75) is 18.7 Å². The zero-order chi connectivity index (χ0) is 20.6. The number of anilines is 1. The minimum atomic E-state index is -3.70. The van der Waals surface area contributed by atoms with Crippen molar-refractivity contribution < 1.29 is 13.2 Å². The van der Waals surface area contributed by atoms with Crippen LogP contribution in [0.4, 0.5) is 5.69 Å². The molecular weight excluding hydrogens is 388 g/mol. The number of methoxy groups -OCH3 is 1. The molecule has 0 aliphatic heterocycles. The number of fused-ring (bicyclic) bond motifs is 1. The van der Waals surface area contributed by atoms with Crippen molar-refractivity contribution in [3.63, 3.8) is 0 Å². The molecule has 0 spiro atoms. The summed E-state index contributed by atoms with van der Waals surface area (Å²) in [6, 6.07) is 15.9. The molecule has 2 aromatic heterocycles. The summed E-state index contributed by atoms with van der Waals surface area (Å²) in [7, 11) is -2.14. The van der Waals surface area contributed by atoms with Crippen molar-refractivity contribution in [3.05, 3.63) is 71.9 Å². The first-order chi connectivity index (χ1) is 13.9. The van der Waals surface area contributed by atoms with E-state index < -0.39 is 10.0 Å². The number of rotatable bonds is 5. The number of benzene rings is 2. The van der Waals surface area contributed by atoms with Crippen LogP contribution in [-0.4, -0.2) is 30.1 Å². The standard InChI is InChI=1S/C21H20N4O3S/c1-14-5-4-6-17(11-14)29(26,27)24-18-12-16(8-7-15(18)2)19-13-25-20(22-19)9-10-21(23-25)28-3/h4-13,24H,1-3H3. The number of aromatic nitrogens is 3. The fraction of sp³-hybridized carbons (Fsp3) is 0.143. The number of hydrogen-bond acceptors (Lipinski definition) is 5. The van der Waals surface area contributed by atoms with Crippen LogP contribution in [0.1, 0.15) is 11.1 Å². The highest BCUT2D eigenvalue weighted by Crippen LogP contribution is 2.27. The number of imidazole rings is 1. The summed E-state index contributed by atoms with van der Waals surface area (Å²) in [5.74, 6) is 0.483. The molecule has 0 fully saturated rings. The average molecular weight is 408 g/mol. The van der Waals surface area contributed by atoms with Gasteiger partial charge in [-0.3, -0.25) is 4.72 Å². The first-order valence-corrected chi connectivity index (χ1v) is 10.4. The Morgan fingerprint density at radius 3 is 2.62 bits per heavy atom. The summed E-state index contributed by atoms with van der Waals surface area (Å²) < 4.78 is 35.1. The third kappa shape index (κ3) is 3.79. The van der Waals surface area contributed by atoms with Crippen molar-refractivity contribution in [3.8, 4) is 17.1 Å². The van der Waals surface area contributed by atoms with Crippen LogP contribution in [-0.2, 0) is 10.0 Å². The third-order valence-electron chi connectivity index (χ3n) is 4.58. The summed E-state index contributed by atoms with van der Waals surface area (Å²) in [6.45, 7) is 3.71. The van der Waals surface area contributed by atoms with Crippen LogP contribution in [0.2, 0.25) is 0 Å². The number of hydrogen-bond donors (Lipinski definition) is 1. The largest absolute Gasteiger partial charge is 0.480 e. The van der Waals surface area contributed by atoms with Gasteiger partial charge in [-0.1, -0.05) is 24.3 Å². The summed E-state index contributed by atoms with van der Waals surface area (Å²) in [4.78, 5) is 4.79. The second-order valence-electron chi connectivity index (χ2n) is 6.76. The van der Waals surface area contributed by atoms with Crippen LogP contribution in [0.25, 0.3) is 16.9 Å². The molecule has 0 amide bonds. The average Bonchev–Trinajstić information content (AvgIpc) is 3.12. The van der Waals surface area contributed by atoms with E-state index in [4.69, 9.17) is 4.74 Å². The van der Waals surface area contributed by atoms with Crippen LogP contribution in [0.15, 0.2) is 65.7 Å². The van der Waals surface area contributed by atoms with E-state index in [2.05, 4.69) is 14.8 Å². The molecule has 0 unspecified atom stereocenters. The third-order valence-corrected chi connectivity index (χ3v) is 5.95. The molecule has 4 aromatic rings. The zero-order valence-corrected chi connectivity index (χ0v) is 17.1. The smallest absolute Gasteiger partial charge is 0.261 e. The zero-order valence-electron chi connectivity index (χ0n) is 16.2. The SMILES string of the molecule is COc1ccc2nc(-c3ccc(C)c(NS(=O)(=O)c4cccc(C)c4)c3)cn2n1. The molecule has 0 aliphatic carbocycles. The molecule has 2 heterocycles. The molecule has 0 aliphatic rings. The van der Waals surface area contributed by atoms with E-state index in [-0.39, 0.29) is 4.90 Å². The van der Waals surface area contributed by atoms with Crippen molar-refractivity contribution in [1.29, 1.82) is 0 Å². The van der Waals surface area contributed by atoms with Crippen LogP contribution in [0, 0.1) is 13.8 Å². The highest BCUT2D eigenvalue weighted by molar-refractivity contribution is 7.92. The van der Waals surface area contributed by atoms with Gasteiger partial charge >= 0.3 is 0 Å². The van der Waals surface area contributed by atoms with Gasteiger partial charge in [0.1, 0.15) is 0 Å². The molecule has 0 saturated carbocycles. The highest BCUT2D eigenvalue weighted by atomic mass is 32.2. The topological polar surface area (TPSA) is 85.6 Å². The Balaban J connectivity index is 1.71. The number of nitrogens with zero attached hydrogens (tertiary/aromatic N) is 3. The van der Waals surface area contributed by atoms with Gasteiger partial charge < -0.3 is 4.74 Å². The molecule has 0 radical (unpaired) electrons. The minimum absolute atomic E-state index is 0.228. The molecular formula is C21H20N4O3S. The van der Waals surface area contributed by atoms with Gasteiger partial charge in [-0.2, -0.15) is 0 Å². The quantitative estimate of drug-likeness (QED) is 0.543. The van der Waals surface area contributed by atoms with E-state index in [0.717, 1.165) is 16.7 Å². The predicted molar refractivity (Wildman–Crippen MR) is 112 cm³/mol. The fourth-order valence-electron chi connectivity index (χ4n) is 2.99. The first kappa shape index (κ1) is 18.9. The second-order valence-corrected chi connectivity index (χ2v) is 8.44. The van der Waals surface area contributed by atoms with Crippen LogP contribution in [0.3, 0.4) is 0 Å². The minimum Gasteiger partial charge on any atom is -0.480 e. The van der Waals surface area contributed by atoms with E-state index in [9.17, 15) is 8.42 Å². The lowest BCUT2D eigenvalue weighted by atomic mass is 10.1. The van der Waals surface area contributed by atoms with E-state index in [0.29, 0.717) is 22.9 Å². The highest BCUT2D eigenvalue weighted by Gasteiger charge is 2.16. The molecule has 2 aromatic carbocycles. The summed E-state index contributed by atoms with van der Waals surface area (Å²) in [5, 5.41) is 4.31. The molecule has 29 heavy (non-hydrogen) atoms. The molecule has 0 atom stereocenters. The Morgan fingerprint density at radius 2 is 1.86 bits per heavy atom. The van der Waals surface area contributed by atoms with E-state index >= 15 is 0 Å². The maximum absolute atomic E-state index is 12.8. The van der Waals surface area contributed by atoms with Crippen molar-refractivity contribution >= 4 is 21.4 Å². The molecule has 8 heteroatoms. The van der Waals surface area contributed by atoms with Gasteiger partial charge in [-0.15, -0.1) is 5.10 Å². The summed E-state index contributed by atoms with van der Waals surface area (Å²) in [6.07, 6.45) is 1.78. The maximum Gasteiger partial charge on any atom is 0.261 e. The van der Waals surface area contributed by atoms with E-state index in [1.807, 2.05) is 38.1 Å². The van der Waals surface area contributed by atoms with Crippen LogP contribution >= 0.6 is 0 Å². The Labute approximate surface area is 169 Å². The van der Waals surface area contributed by atoms with Gasteiger partial charge in [0.15, 0.2) is 5.65 Å². The van der Waals surface area contributed by atoms with Crippen molar-refractivity contribution in [2.75, 3.05) is 11.8 Å². The molecule has 0 bridgehead atoms. The van der Waals surface area contributed by atoms with Gasteiger partial charge in [0.25, 0.3) is 10.0 Å². The lowest BCUT2D eigenvalue weighted by Gasteiger charge is -2.12. The Morgan fingerprint density at radius 1 is 1.03 bits per heavy atom. The Kier molecular flexibility index (Phi) is 4.71. The van der Waals surface area contributed by atoms with Gasteiger partial charge in [0.05, 0.1) is 29.6 Å². The fourth-order valence-corrected chi connectivity index (χ4v) is 4.22. The first-order valence-electron chi connectivity index (χ1n) is 8.97. The Hall–Kier alpha value is -3.39. The van der Waals surface area contributed by atoms with Gasteiger partial charge in [0, 0.05) is 11.6 Å². The lowest BCUT2D eigenvalue weighted by molar-refractivity contribution is 0.390. The number of nitrogens with one attached hydrogen (secondary N) is 1. The molecule has 0 saturated heterocycles. The van der Waals surface area contributed by atoms with E-state index in [1.165, 1.54) is 0 Å². The van der Waals surface area contributed by atoms with Gasteiger partial charge in [-0.05, 0) is 49.2 Å². The number of aryl methyl sites for hydroxylation is 2. The lowest BCUT2D eigenvalue weighted by Crippen LogP contribution is -2.14. The maximum atomic E-state index is 12.8. The number of sulfonamides is 1. The monoisotopic (exact) mass is 408 g/mol. The Bertz CT molecular complexity index is 1310. The van der Waals surface area contributed by atoms with Crippen molar-refractivity contribution in [1.82, 2.24) is 14.6 Å². The van der Waals surface area contributed by atoms with Gasteiger partial charge in [-0.25, -0.2) is 17.9 Å². The number of ether oxygens (including phenoxy) is 1. The summed E-state index contributed by atoms with van der Waals surface area (Å²) in [5.41, 5.74) is 4.33. The molecule has 4 rings (SSSR count). The molecule has 7 nitrogen and oxygen atoms in total. The van der Waals surface area contributed by atoms with Crippen molar-refractivity contribution in [2.24, 2.45) is 0 Å². The van der Waals surface area contributed by atoms with Crippen LogP contribution in [0.5, 0.6) is 5.88 Å². The summed E-state index contributed by atoms with van der Waals surface area (Å²) >= 11 is 0. The second kappa shape index (κ2) is 7.21. The molecule has 148 valence electrons.